The third-order valence-corrected chi connectivity index (χ3v) is 4.67. The summed E-state index contributed by atoms with van der Waals surface area (Å²) in [6, 6.07) is 6.59. The molecule has 2 aromatic rings. The van der Waals surface area contributed by atoms with Crippen molar-refractivity contribution in [3.8, 4) is 0 Å². The number of nitrogens with zero attached hydrogens (tertiary/aromatic N) is 1. The first-order valence-corrected chi connectivity index (χ1v) is 7.36. The summed E-state index contributed by atoms with van der Waals surface area (Å²) in [5, 5.41) is 12.1. The molecule has 0 spiro atoms. The number of amides is 2. The first-order valence-electron chi connectivity index (χ1n) is 5.67. The van der Waals surface area contributed by atoms with Gasteiger partial charge in [-0.25, -0.2) is 4.79 Å². The number of hydrogen-bond acceptors (Lipinski definition) is 4. The van der Waals surface area contributed by atoms with Crippen LogP contribution in [0, 0.1) is 0 Å². The zero-order valence-corrected chi connectivity index (χ0v) is 11.9. The maximum Gasteiger partial charge on any atom is 0.339 e. The molecule has 100 valence electrons. The summed E-state index contributed by atoms with van der Waals surface area (Å²) >= 11 is 3.19. The van der Waals surface area contributed by atoms with Crippen LogP contribution < -0.4 is 5.73 Å². The Hall–Kier alpha value is -1.63. The van der Waals surface area contributed by atoms with Crippen LogP contribution in [0.3, 0.4) is 0 Å². The quantitative estimate of drug-likeness (QED) is 0.665. The topological polar surface area (TPSA) is 66.6 Å². The van der Waals surface area contributed by atoms with Crippen LogP contribution >= 0.6 is 22.7 Å². The fraction of sp³-hybridized carbons (Fsp3) is 0.154. The van der Waals surface area contributed by atoms with Crippen molar-refractivity contribution >= 4 is 40.9 Å². The Kier molecular flexibility index (Phi) is 4.36. The van der Waals surface area contributed by atoms with E-state index in [1.807, 2.05) is 41.8 Å². The Morgan fingerprint density at radius 3 is 2.74 bits per heavy atom. The first kappa shape index (κ1) is 13.8. The van der Waals surface area contributed by atoms with Crippen molar-refractivity contribution < 1.29 is 10.0 Å². The van der Waals surface area contributed by atoms with Crippen LogP contribution in [0.25, 0.3) is 12.2 Å². The Labute approximate surface area is 119 Å². The summed E-state index contributed by atoms with van der Waals surface area (Å²) in [7, 11) is 0. The largest absolute Gasteiger partial charge is 0.350 e. The van der Waals surface area contributed by atoms with E-state index in [1.165, 1.54) is 16.2 Å². The average Bonchev–Trinajstić information content (AvgIpc) is 3.05. The van der Waals surface area contributed by atoms with Crippen LogP contribution in [0.2, 0.25) is 0 Å². The van der Waals surface area contributed by atoms with Gasteiger partial charge in [0.05, 0.1) is 6.04 Å². The predicted molar refractivity (Wildman–Crippen MR) is 79.2 cm³/mol. The summed E-state index contributed by atoms with van der Waals surface area (Å²) in [5.74, 6) is 0. The molecule has 1 atom stereocenters. The third kappa shape index (κ3) is 3.44. The molecule has 1 unspecified atom stereocenters. The Balaban J connectivity index is 2.09. The highest BCUT2D eigenvalue weighted by atomic mass is 32.1. The molecule has 2 aromatic heterocycles. The molecule has 19 heavy (non-hydrogen) atoms. The fourth-order valence-corrected chi connectivity index (χ4v) is 3.11. The maximum atomic E-state index is 10.9. The summed E-state index contributed by atoms with van der Waals surface area (Å²) in [6.45, 7) is 1.73. The lowest BCUT2D eigenvalue weighted by atomic mass is 10.2. The van der Waals surface area contributed by atoms with Crippen LogP contribution in [0.1, 0.15) is 27.6 Å². The Bertz CT molecular complexity index is 575. The lowest BCUT2D eigenvalue weighted by molar-refractivity contribution is -0.0700. The molecule has 2 amide bonds. The van der Waals surface area contributed by atoms with E-state index in [9.17, 15) is 10.0 Å². The van der Waals surface area contributed by atoms with Crippen LogP contribution in [0.4, 0.5) is 4.79 Å². The number of hydroxylamine groups is 2. The van der Waals surface area contributed by atoms with E-state index in [-0.39, 0.29) is 0 Å². The van der Waals surface area contributed by atoms with E-state index in [2.05, 4.69) is 0 Å². The van der Waals surface area contributed by atoms with E-state index < -0.39 is 12.1 Å². The van der Waals surface area contributed by atoms with Crippen LogP contribution in [-0.4, -0.2) is 16.3 Å². The number of urea groups is 1. The van der Waals surface area contributed by atoms with E-state index in [4.69, 9.17) is 5.73 Å². The Morgan fingerprint density at radius 1 is 1.37 bits per heavy atom. The van der Waals surface area contributed by atoms with Crippen LogP contribution in [-0.2, 0) is 0 Å². The van der Waals surface area contributed by atoms with Gasteiger partial charge in [-0.05, 0) is 42.7 Å². The number of hydrogen-bond donors (Lipinski definition) is 2. The molecule has 0 radical (unpaired) electrons. The summed E-state index contributed by atoms with van der Waals surface area (Å²) < 4.78 is 0. The number of rotatable bonds is 4. The molecule has 3 N–H and O–H groups in total. The lowest BCUT2D eigenvalue weighted by Gasteiger charge is -2.18. The fourth-order valence-electron chi connectivity index (χ4n) is 1.54. The molecule has 4 nitrogen and oxygen atoms in total. The average molecular weight is 294 g/mol. The summed E-state index contributed by atoms with van der Waals surface area (Å²) in [4.78, 5) is 14.0. The second-order valence-electron chi connectivity index (χ2n) is 3.95. The van der Waals surface area contributed by atoms with Gasteiger partial charge in [-0.15, -0.1) is 22.7 Å². The van der Waals surface area contributed by atoms with Crippen molar-refractivity contribution in [1.29, 1.82) is 0 Å². The predicted octanol–water partition coefficient (Wildman–Crippen LogP) is 3.81. The first-order chi connectivity index (χ1) is 9.08. The van der Waals surface area contributed by atoms with Crippen molar-refractivity contribution in [3.63, 3.8) is 0 Å². The zero-order valence-electron chi connectivity index (χ0n) is 10.3. The molecule has 0 bridgehead atoms. The van der Waals surface area contributed by atoms with Gasteiger partial charge in [0, 0.05) is 14.6 Å². The number of nitrogens with two attached hydrogens (primary N) is 1. The standard InChI is InChI=1S/C13H14N2O2S2/c1-9(15(17)13(14)16)12-7-6-11(19-12)5-4-10-3-2-8-18-10/h2-9,17H,1H3,(H2,14,16). The van der Waals surface area contributed by atoms with E-state index in [0.29, 0.717) is 5.06 Å². The lowest BCUT2D eigenvalue weighted by Crippen LogP contribution is -2.34. The second-order valence-corrected chi connectivity index (χ2v) is 6.07. The molecule has 0 aromatic carbocycles. The molecule has 6 heteroatoms. The molecular weight excluding hydrogens is 280 g/mol. The smallest absolute Gasteiger partial charge is 0.339 e. The minimum Gasteiger partial charge on any atom is -0.350 e. The van der Waals surface area contributed by atoms with Crippen molar-refractivity contribution in [3.05, 3.63) is 44.3 Å². The highest BCUT2D eigenvalue weighted by Gasteiger charge is 2.18. The van der Waals surface area contributed by atoms with Crippen molar-refractivity contribution in [1.82, 2.24) is 5.06 Å². The van der Waals surface area contributed by atoms with Gasteiger partial charge in [0.15, 0.2) is 0 Å². The van der Waals surface area contributed by atoms with Crippen molar-refractivity contribution in [2.45, 2.75) is 13.0 Å². The number of primary amides is 1. The monoisotopic (exact) mass is 294 g/mol. The van der Waals surface area contributed by atoms with Crippen LogP contribution in [0.15, 0.2) is 29.6 Å². The van der Waals surface area contributed by atoms with Gasteiger partial charge in [-0.3, -0.25) is 5.21 Å². The summed E-state index contributed by atoms with van der Waals surface area (Å²) in [5.41, 5.74) is 5.03. The molecule has 2 rings (SSSR count). The van der Waals surface area contributed by atoms with Gasteiger partial charge >= 0.3 is 6.03 Å². The molecular formula is C13H14N2O2S2. The highest BCUT2D eigenvalue weighted by molar-refractivity contribution is 7.13. The second kappa shape index (κ2) is 6.01. The molecule has 0 aliphatic heterocycles. The SMILES string of the molecule is CC(c1ccc(C=Cc2cccs2)s1)N(O)C(N)=O. The minimum atomic E-state index is -0.850. The molecule has 0 aliphatic rings. The minimum absolute atomic E-state index is 0.439. The molecule has 0 aliphatic carbocycles. The van der Waals surface area contributed by atoms with Gasteiger partial charge in [-0.1, -0.05) is 6.07 Å². The normalized spacial score (nSPS) is 12.7. The molecule has 0 fully saturated rings. The number of thiophene rings is 2. The Morgan fingerprint density at radius 2 is 2.11 bits per heavy atom. The van der Waals surface area contributed by atoms with Gasteiger partial charge < -0.3 is 5.73 Å². The molecule has 2 heterocycles. The molecule has 0 saturated heterocycles. The number of carbonyl (C=O) groups excluding carboxylic acids is 1. The van der Waals surface area contributed by atoms with E-state index >= 15 is 0 Å². The van der Waals surface area contributed by atoms with Gasteiger partial charge in [-0.2, -0.15) is 5.06 Å². The van der Waals surface area contributed by atoms with Crippen molar-refractivity contribution in [2.24, 2.45) is 5.73 Å². The highest BCUT2D eigenvalue weighted by Crippen LogP contribution is 2.28. The van der Waals surface area contributed by atoms with Gasteiger partial charge in [0.25, 0.3) is 0 Å². The van der Waals surface area contributed by atoms with Gasteiger partial charge in [0.1, 0.15) is 0 Å². The summed E-state index contributed by atoms with van der Waals surface area (Å²) in [6.07, 6.45) is 4.05. The van der Waals surface area contributed by atoms with Crippen LogP contribution in [0.5, 0.6) is 0 Å². The van der Waals surface area contributed by atoms with Gasteiger partial charge in [0.2, 0.25) is 0 Å². The molecule has 0 saturated carbocycles. The van der Waals surface area contributed by atoms with E-state index in [1.54, 1.807) is 18.3 Å². The number of carbonyl (C=O) groups is 1. The van der Waals surface area contributed by atoms with Crippen molar-refractivity contribution in [2.75, 3.05) is 0 Å². The maximum absolute atomic E-state index is 10.9. The zero-order chi connectivity index (χ0) is 13.8. The van der Waals surface area contributed by atoms with E-state index in [0.717, 1.165) is 9.75 Å². The third-order valence-electron chi connectivity index (χ3n) is 2.61.